The number of carbonyl (C=O) groups excluding carboxylic acids is 1. The van der Waals surface area contributed by atoms with Crippen LogP contribution in [0.3, 0.4) is 0 Å². The standard InChI is InChI=1S/C20H17BrFN3O3/c1-12(20(27)23-18-8-5-14(21)11-16(18)22)25-19(26)10-9-17(24-25)13-3-6-15(28-2)7-4-13/h3-12H,1-2H3,(H,23,27). The van der Waals surface area contributed by atoms with Gasteiger partial charge < -0.3 is 10.1 Å². The third-order valence-electron chi connectivity index (χ3n) is 4.15. The van der Waals surface area contributed by atoms with Crippen molar-refractivity contribution in [3.8, 4) is 17.0 Å². The molecule has 0 spiro atoms. The van der Waals surface area contributed by atoms with E-state index in [-0.39, 0.29) is 5.69 Å². The first-order chi connectivity index (χ1) is 13.4. The number of methoxy groups -OCH3 is 1. The number of hydrogen-bond donors (Lipinski definition) is 1. The molecule has 0 fully saturated rings. The van der Waals surface area contributed by atoms with Crippen molar-refractivity contribution in [2.75, 3.05) is 12.4 Å². The zero-order valence-electron chi connectivity index (χ0n) is 15.1. The minimum absolute atomic E-state index is 0.0272. The summed E-state index contributed by atoms with van der Waals surface area (Å²) in [6, 6.07) is 13.4. The molecule has 8 heteroatoms. The molecule has 2 aromatic carbocycles. The maximum atomic E-state index is 14.0. The predicted octanol–water partition coefficient (Wildman–Crippen LogP) is 4.02. The number of ether oxygens (including phenoxy) is 1. The Morgan fingerprint density at radius 3 is 2.54 bits per heavy atom. The fourth-order valence-corrected chi connectivity index (χ4v) is 2.89. The summed E-state index contributed by atoms with van der Waals surface area (Å²) >= 11 is 3.16. The Kier molecular flexibility index (Phi) is 5.89. The highest BCUT2D eigenvalue weighted by Gasteiger charge is 2.19. The molecule has 1 unspecified atom stereocenters. The Hall–Kier alpha value is -3.00. The zero-order chi connectivity index (χ0) is 20.3. The first-order valence-corrected chi connectivity index (χ1v) is 9.18. The monoisotopic (exact) mass is 445 g/mol. The van der Waals surface area contributed by atoms with Crippen LogP contribution in [0.5, 0.6) is 5.75 Å². The van der Waals surface area contributed by atoms with Gasteiger partial charge in [0.2, 0.25) is 5.91 Å². The number of benzene rings is 2. The van der Waals surface area contributed by atoms with Gasteiger partial charge in [0.15, 0.2) is 0 Å². The van der Waals surface area contributed by atoms with Gasteiger partial charge in [-0.25, -0.2) is 9.07 Å². The number of carbonyl (C=O) groups is 1. The lowest BCUT2D eigenvalue weighted by molar-refractivity contribution is -0.119. The number of halogens is 2. The Morgan fingerprint density at radius 2 is 1.89 bits per heavy atom. The number of nitrogens with one attached hydrogen (secondary N) is 1. The molecule has 28 heavy (non-hydrogen) atoms. The normalized spacial score (nSPS) is 11.7. The minimum Gasteiger partial charge on any atom is -0.497 e. The summed E-state index contributed by atoms with van der Waals surface area (Å²) in [5, 5.41) is 6.78. The SMILES string of the molecule is COc1ccc(-c2ccc(=O)n(C(C)C(=O)Nc3ccc(Br)cc3F)n2)cc1. The average Bonchev–Trinajstić information content (AvgIpc) is 2.70. The molecule has 1 heterocycles. The van der Waals surface area contributed by atoms with Crippen LogP contribution < -0.4 is 15.6 Å². The quantitative estimate of drug-likeness (QED) is 0.643. The fourth-order valence-electron chi connectivity index (χ4n) is 2.56. The smallest absolute Gasteiger partial charge is 0.267 e. The summed E-state index contributed by atoms with van der Waals surface area (Å²) < 4.78 is 20.7. The highest BCUT2D eigenvalue weighted by molar-refractivity contribution is 9.10. The number of hydrogen-bond acceptors (Lipinski definition) is 4. The summed E-state index contributed by atoms with van der Waals surface area (Å²) in [5.41, 5.74) is 0.883. The van der Waals surface area contributed by atoms with E-state index in [0.717, 1.165) is 10.2 Å². The molecular formula is C20H17BrFN3O3. The number of aromatic nitrogens is 2. The van der Waals surface area contributed by atoms with E-state index < -0.39 is 23.3 Å². The van der Waals surface area contributed by atoms with E-state index in [0.29, 0.717) is 15.9 Å². The van der Waals surface area contributed by atoms with E-state index >= 15 is 0 Å². The van der Waals surface area contributed by atoms with Gasteiger partial charge in [-0.2, -0.15) is 5.10 Å². The van der Waals surface area contributed by atoms with Crippen LogP contribution in [0.1, 0.15) is 13.0 Å². The van der Waals surface area contributed by atoms with Crippen LogP contribution in [0.4, 0.5) is 10.1 Å². The lowest BCUT2D eigenvalue weighted by Crippen LogP contribution is -2.33. The molecule has 0 aliphatic carbocycles. The fraction of sp³-hybridized carbons (Fsp3) is 0.150. The number of anilines is 1. The van der Waals surface area contributed by atoms with Crippen molar-refractivity contribution in [3.05, 3.63) is 75.2 Å². The summed E-state index contributed by atoms with van der Waals surface area (Å²) in [6.45, 7) is 1.53. The van der Waals surface area contributed by atoms with Crippen LogP contribution in [0, 0.1) is 5.82 Å². The van der Waals surface area contributed by atoms with Crippen molar-refractivity contribution in [1.29, 1.82) is 0 Å². The van der Waals surface area contributed by atoms with Crippen molar-refractivity contribution in [3.63, 3.8) is 0 Å². The molecule has 0 saturated heterocycles. The second-order valence-corrected chi connectivity index (χ2v) is 6.93. The molecule has 0 aliphatic heterocycles. The highest BCUT2D eigenvalue weighted by atomic mass is 79.9. The zero-order valence-corrected chi connectivity index (χ0v) is 16.7. The molecule has 1 amide bonds. The topological polar surface area (TPSA) is 73.2 Å². The summed E-state index contributed by atoms with van der Waals surface area (Å²) in [4.78, 5) is 24.8. The first kappa shape index (κ1) is 19.8. The van der Waals surface area contributed by atoms with Gasteiger partial charge >= 0.3 is 0 Å². The van der Waals surface area contributed by atoms with Crippen LogP contribution in [0.2, 0.25) is 0 Å². The second kappa shape index (κ2) is 8.35. The van der Waals surface area contributed by atoms with Crippen molar-refractivity contribution in [2.45, 2.75) is 13.0 Å². The van der Waals surface area contributed by atoms with Crippen molar-refractivity contribution < 1.29 is 13.9 Å². The van der Waals surface area contributed by atoms with E-state index in [4.69, 9.17) is 4.74 Å². The van der Waals surface area contributed by atoms with Gasteiger partial charge in [0.1, 0.15) is 17.6 Å². The summed E-state index contributed by atoms with van der Waals surface area (Å²) in [5.74, 6) is -0.439. The van der Waals surface area contributed by atoms with Gasteiger partial charge in [0.05, 0.1) is 18.5 Å². The lowest BCUT2D eigenvalue weighted by Gasteiger charge is -2.15. The van der Waals surface area contributed by atoms with Crippen LogP contribution in [-0.2, 0) is 4.79 Å². The third kappa shape index (κ3) is 4.28. The molecule has 0 bridgehead atoms. The van der Waals surface area contributed by atoms with E-state index in [9.17, 15) is 14.0 Å². The van der Waals surface area contributed by atoms with Crippen LogP contribution in [-0.4, -0.2) is 22.8 Å². The Morgan fingerprint density at radius 1 is 1.18 bits per heavy atom. The van der Waals surface area contributed by atoms with Crippen molar-refractivity contribution in [2.24, 2.45) is 0 Å². The van der Waals surface area contributed by atoms with Gasteiger partial charge in [0.25, 0.3) is 5.56 Å². The Labute approximate surface area is 169 Å². The van der Waals surface area contributed by atoms with E-state index in [1.165, 1.54) is 25.1 Å². The Bertz CT molecular complexity index is 1070. The van der Waals surface area contributed by atoms with Crippen molar-refractivity contribution in [1.82, 2.24) is 9.78 Å². The highest BCUT2D eigenvalue weighted by Crippen LogP contribution is 2.22. The number of rotatable bonds is 5. The summed E-state index contributed by atoms with van der Waals surface area (Å²) in [6.07, 6.45) is 0. The lowest BCUT2D eigenvalue weighted by atomic mass is 10.1. The Balaban J connectivity index is 1.86. The predicted molar refractivity (Wildman–Crippen MR) is 108 cm³/mol. The summed E-state index contributed by atoms with van der Waals surface area (Å²) in [7, 11) is 1.57. The van der Waals surface area contributed by atoms with E-state index in [1.54, 1.807) is 43.5 Å². The van der Waals surface area contributed by atoms with Crippen LogP contribution in [0.25, 0.3) is 11.3 Å². The van der Waals surface area contributed by atoms with Gasteiger partial charge in [-0.3, -0.25) is 9.59 Å². The molecule has 0 aliphatic rings. The van der Waals surface area contributed by atoms with Crippen molar-refractivity contribution >= 4 is 27.5 Å². The number of nitrogens with zero attached hydrogens (tertiary/aromatic N) is 2. The molecule has 3 aromatic rings. The van der Waals surface area contributed by atoms with Gasteiger partial charge in [-0.05, 0) is 55.5 Å². The minimum atomic E-state index is -0.936. The third-order valence-corrected chi connectivity index (χ3v) is 4.64. The average molecular weight is 446 g/mol. The molecule has 144 valence electrons. The molecular weight excluding hydrogens is 429 g/mol. The molecule has 1 aromatic heterocycles. The second-order valence-electron chi connectivity index (χ2n) is 6.02. The molecule has 1 atom stereocenters. The molecule has 0 saturated carbocycles. The molecule has 0 radical (unpaired) electrons. The molecule has 6 nitrogen and oxygen atoms in total. The maximum absolute atomic E-state index is 14.0. The van der Waals surface area contributed by atoms with Gasteiger partial charge in [-0.15, -0.1) is 0 Å². The first-order valence-electron chi connectivity index (χ1n) is 8.39. The van der Waals surface area contributed by atoms with E-state index in [2.05, 4.69) is 26.3 Å². The number of amides is 1. The maximum Gasteiger partial charge on any atom is 0.267 e. The molecule has 3 rings (SSSR count). The van der Waals surface area contributed by atoms with Crippen LogP contribution in [0.15, 0.2) is 63.9 Å². The molecule has 1 N–H and O–H groups in total. The van der Waals surface area contributed by atoms with Gasteiger partial charge in [-0.1, -0.05) is 15.9 Å². The van der Waals surface area contributed by atoms with E-state index in [1.807, 2.05) is 0 Å². The van der Waals surface area contributed by atoms with Crippen LogP contribution >= 0.6 is 15.9 Å². The largest absolute Gasteiger partial charge is 0.497 e. The van der Waals surface area contributed by atoms with Gasteiger partial charge in [0, 0.05) is 16.1 Å².